The van der Waals surface area contributed by atoms with Crippen LogP contribution >= 0.6 is 0 Å². The number of carbonyl (C=O) groups excluding carboxylic acids is 1. The van der Waals surface area contributed by atoms with Crippen molar-refractivity contribution in [3.63, 3.8) is 0 Å². The fourth-order valence-corrected chi connectivity index (χ4v) is 2.71. The minimum Gasteiger partial charge on any atom is -0.449 e. The Balaban J connectivity index is 1.64. The summed E-state index contributed by atoms with van der Waals surface area (Å²) in [6.07, 6.45) is 0.793. The van der Waals surface area contributed by atoms with Crippen molar-refractivity contribution < 1.29 is 14.3 Å². The second-order valence-electron chi connectivity index (χ2n) is 5.80. The second kappa shape index (κ2) is 8.53. The predicted octanol–water partition coefficient (Wildman–Crippen LogP) is -0.580. The molecule has 1 amide bonds. The molecule has 0 aromatic carbocycles. The first-order valence-corrected chi connectivity index (χ1v) is 7.83. The number of amides is 1. The van der Waals surface area contributed by atoms with Gasteiger partial charge in [-0.2, -0.15) is 0 Å². The van der Waals surface area contributed by atoms with E-state index in [4.69, 9.17) is 15.2 Å². The Kier molecular flexibility index (Phi) is 6.69. The molecule has 0 aromatic heterocycles. The van der Waals surface area contributed by atoms with Crippen molar-refractivity contribution in [2.45, 2.75) is 12.5 Å². The lowest BCUT2D eigenvalue weighted by atomic mass is 10.2. The molecule has 0 aliphatic carbocycles. The average molecular weight is 300 g/mol. The van der Waals surface area contributed by atoms with Crippen molar-refractivity contribution in [3.05, 3.63) is 0 Å². The van der Waals surface area contributed by atoms with Crippen molar-refractivity contribution in [1.82, 2.24) is 14.7 Å². The van der Waals surface area contributed by atoms with Crippen molar-refractivity contribution >= 4 is 6.09 Å². The van der Waals surface area contributed by atoms with Crippen LogP contribution in [0.2, 0.25) is 0 Å². The molecule has 0 radical (unpaired) electrons. The van der Waals surface area contributed by atoms with Gasteiger partial charge < -0.3 is 25.0 Å². The number of likely N-dealkylation sites (N-methyl/N-ethyl adjacent to an activating group) is 1. The molecule has 2 aliphatic heterocycles. The first kappa shape index (κ1) is 16.5. The molecule has 7 nitrogen and oxygen atoms in total. The topological polar surface area (TPSA) is 71.3 Å². The number of nitrogens with zero attached hydrogens (tertiary/aromatic N) is 3. The zero-order valence-corrected chi connectivity index (χ0v) is 13.0. The Hall–Kier alpha value is -0.890. The Morgan fingerprint density at radius 2 is 2.05 bits per heavy atom. The first-order chi connectivity index (χ1) is 10.2. The zero-order valence-electron chi connectivity index (χ0n) is 13.0. The molecule has 0 saturated carbocycles. The van der Waals surface area contributed by atoms with E-state index in [0.717, 1.165) is 58.8 Å². The summed E-state index contributed by atoms with van der Waals surface area (Å²) in [6.45, 7) is 7.95. The summed E-state index contributed by atoms with van der Waals surface area (Å²) in [5.74, 6) is 0. The van der Waals surface area contributed by atoms with Crippen LogP contribution in [0, 0.1) is 0 Å². The van der Waals surface area contributed by atoms with Crippen molar-refractivity contribution in [2.75, 3.05) is 72.6 Å². The zero-order chi connectivity index (χ0) is 15.1. The highest BCUT2D eigenvalue weighted by Gasteiger charge is 2.25. The minimum absolute atomic E-state index is 0.211. The van der Waals surface area contributed by atoms with Gasteiger partial charge in [-0.05, 0) is 20.0 Å². The van der Waals surface area contributed by atoms with Crippen molar-refractivity contribution in [3.8, 4) is 0 Å². The van der Waals surface area contributed by atoms with E-state index in [9.17, 15) is 4.79 Å². The fourth-order valence-electron chi connectivity index (χ4n) is 2.71. The molecule has 2 N–H and O–H groups in total. The molecule has 1 unspecified atom stereocenters. The summed E-state index contributed by atoms with van der Waals surface area (Å²) in [5.41, 5.74) is 5.38. The van der Waals surface area contributed by atoms with Gasteiger partial charge in [0.1, 0.15) is 0 Å². The molecule has 1 atom stereocenters. The number of hydrogen-bond acceptors (Lipinski definition) is 6. The number of nitrogens with two attached hydrogens (primary N) is 1. The number of rotatable bonds is 5. The van der Waals surface area contributed by atoms with E-state index in [1.807, 2.05) is 0 Å². The first-order valence-electron chi connectivity index (χ1n) is 7.83. The molecule has 21 heavy (non-hydrogen) atoms. The predicted molar refractivity (Wildman–Crippen MR) is 80.3 cm³/mol. The van der Waals surface area contributed by atoms with Crippen molar-refractivity contribution in [1.29, 1.82) is 0 Å². The number of carbonyl (C=O) groups is 1. The normalized spacial score (nSPS) is 25.0. The number of piperazine rings is 1. The van der Waals surface area contributed by atoms with E-state index in [0.29, 0.717) is 13.2 Å². The molecule has 2 heterocycles. The van der Waals surface area contributed by atoms with Crippen LogP contribution in [0.25, 0.3) is 0 Å². The molecule has 122 valence electrons. The molecule has 7 heteroatoms. The highest BCUT2D eigenvalue weighted by molar-refractivity contribution is 5.67. The molecule has 0 spiro atoms. The Morgan fingerprint density at radius 3 is 2.71 bits per heavy atom. The van der Waals surface area contributed by atoms with E-state index in [1.165, 1.54) is 0 Å². The molecule has 2 aliphatic rings. The maximum Gasteiger partial charge on any atom is 0.409 e. The molecular formula is C14H28N4O3. The monoisotopic (exact) mass is 300 g/mol. The Bertz CT molecular complexity index is 321. The lowest BCUT2D eigenvalue weighted by Gasteiger charge is -2.38. The molecule has 2 fully saturated rings. The van der Waals surface area contributed by atoms with Gasteiger partial charge in [-0.3, -0.25) is 4.90 Å². The third kappa shape index (κ3) is 5.43. The largest absolute Gasteiger partial charge is 0.449 e. The number of ether oxygens (including phenoxy) is 2. The Labute approximate surface area is 126 Å². The SMILES string of the molecule is CN1CCOC(CN2CCN(C(=O)OCCCN)CC2)C1. The second-order valence-corrected chi connectivity index (χ2v) is 5.80. The summed E-state index contributed by atoms with van der Waals surface area (Å²) >= 11 is 0. The molecule has 2 saturated heterocycles. The third-order valence-electron chi connectivity index (χ3n) is 4.01. The van der Waals surface area contributed by atoms with Crippen LogP contribution in [0.15, 0.2) is 0 Å². The lowest BCUT2D eigenvalue weighted by molar-refractivity contribution is -0.0406. The smallest absolute Gasteiger partial charge is 0.409 e. The summed E-state index contributed by atoms with van der Waals surface area (Å²) < 4.78 is 11.0. The van der Waals surface area contributed by atoms with Gasteiger partial charge in [-0.15, -0.1) is 0 Å². The maximum absolute atomic E-state index is 11.8. The number of hydrogen-bond donors (Lipinski definition) is 1. The molecular weight excluding hydrogens is 272 g/mol. The van der Waals surface area contributed by atoms with E-state index in [1.54, 1.807) is 4.90 Å². The third-order valence-corrected chi connectivity index (χ3v) is 4.01. The van der Waals surface area contributed by atoms with Crippen LogP contribution in [0.3, 0.4) is 0 Å². The van der Waals surface area contributed by atoms with Gasteiger partial charge in [0.25, 0.3) is 0 Å². The van der Waals surface area contributed by atoms with Crippen LogP contribution in [-0.4, -0.2) is 99.5 Å². The van der Waals surface area contributed by atoms with Gasteiger partial charge in [0, 0.05) is 45.8 Å². The van der Waals surface area contributed by atoms with Crippen LogP contribution in [0.5, 0.6) is 0 Å². The van der Waals surface area contributed by atoms with E-state index < -0.39 is 0 Å². The quantitative estimate of drug-likeness (QED) is 0.685. The minimum atomic E-state index is -0.211. The van der Waals surface area contributed by atoms with Crippen LogP contribution in [-0.2, 0) is 9.47 Å². The van der Waals surface area contributed by atoms with Gasteiger partial charge >= 0.3 is 6.09 Å². The Morgan fingerprint density at radius 1 is 1.29 bits per heavy atom. The molecule has 0 bridgehead atoms. The van der Waals surface area contributed by atoms with Crippen LogP contribution in [0.4, 0.5) is 4.79 Å². The lowest BCUT2D eigenvalue weighted by Crippen LogP contribution is -2.53. The number of morpholine rings is 1. The summed E-state index contributed by atoms with van der Waals surface area (Å²) in [6, 6.07) is 0. The van der Waals surface area contributed by atoms with Gasteiger partial charge in [0.05, 0.1) is 19.3 Å². The summed E-state index contributed by atoms with van der Waals surface area (Å²) in [4.78, 5) is 18.3. The van der Waals surface area contributed by atoms with Crippen molar-refractivity contribution in [2.24, 2.45) is 5.73 Å². The van der Waals surface area contributed by atoms with E-state index in [2.05, 4.69) is 16.8 Å². The van der Waals surface area contributed by atoms with Gasteiger partial charge in [0.15, 0.2) is 0 Å². The fraction of sp³-hybridized carbons (Fsp3) is 0.929. The van der Waals surface area contributed by atoms with E-state index >= 15 is 0 Å². The maximum atomic E-state index is 11.8. The molecule has 0 aromatic rings. The highest BCUT2D eigenvalue weighted by atomic mass is 16.6. The van der Waals surface area contributed by atoms with Gasteiger partial charge in [0.2, 0.25) is 0 Å². The van der Waals surface area contributed by atoms with Gasteiger partial charge in [-0.1, -0.05) is 0 Å². The standard InChI is InChI=1S/C14H28N4O3/c1-16-8-10-20-13(11-16)12-17-4-6-18(7-5-17)14(19)21-9-2-3-15/h13H,2-12,15H2,1H3. The van der Waals surface area contributed by atoms with Gasteiger partial charge in [-0.25, -0.2) is 4.79 Å². The summed E-state index contributed by atoms with van der Waals surface area (Å²) in [7, 11) is 2.13. The van der Waals surface area contributed by atoms with E-state index in [-0.39, 0.29) is 12.2 Å². The van der Waals surface area contributed by atoms with Crippen LogP contribution in [0.1, 0.15) is 6.42 Å². The van der Waals surface area contributed by atoms with Crippen LogP contribution < -0.4 is 5.73 Å². The highest BCUT2D eigenvalue weighted by Crippen LogP contribution is 2.09. The summed E-state index contributed by atoms with van der Waals surface area (Å²) in [5, 5.41) is 0. The average Bonchev–Trinajstić information content (AvgIpc) is 2.48. The molecule has 2 rings (SSSR count).